The Bertz CT molecular complexity index is 720. The molecule has 0 bridgehead atoms. The number of nitrogens with one attached hydrogen (secondary N) is 1. The summed E-state index contributed by atoms with van der Waals surface area (Å²) in [5, 5.41) is 5.67. The predicted octanol–water partition coefficient (Wildman–Crippen LogP) is 3.70. The largest absolute Gasteiger partial charge is 0.308 e. The van der Waals surface area contributed by atoms with Crippen LogP contribution in [0.15, 0.2) is 59.5 Å². The third-order valence-electron chi connectivity index (χ3n) is 3.34. The number of rotatable bonds is 3. The van der Waals surface area contributed by atoms with Gasteiger partial charge in [-0.2, -0.15) is 0 Å². The molecule has 0 amide bonds. The number of pyridine rings is 2. The monoisotopic (exact) mass is 327 g/mol. The van der Waals surface area contributed by atoms with E-state index in [2.05, 4.69) is 43.3 Å². The Morgan fingerprint density at radius 3 is 2.65 bits per heavy atom. The molecule has 1 N–H and O–H groups in total. The number of fused-ring (bicyclic) bond motifs is 1. The molecule has 0 aliphatic heterocycles. The fourth-order valence-corrected chi connectivity index (χ4v) is 2.63. The SMILES string of the molecule is CNC(c1ccc(Br)cn1)c1cncc2ccccc12. The van der Waals surface area contributed by atoms with Crippen LogP contribution in [0.25, 0.3) is 10.8 Å². The third-order valence-corrected chi connectivity index (χ3v) is 3.81. The Kier molecular flexibility index (Phi) is 3.76. The molecule has 2 heterocycles. The maximum absolute atomic E-state index is 4.50. The van der Waals surface area contributed by atoms with E-state index in [-0.39, 0.29) is 6.04 Å². The molecule has 3 aromatic rings. The van der Waals surface area contributed by atoms with Gasteiger partial charge in [0.2, 0.25) is 0 Å². The Labute approximate surface area is 126 Å². The molecule has 0 saturated heterocycles. The second kappa shape index (κ2) is 5.69. The van der Waals surface area contributed by atoms with Crippen molar-refractivity contribution in [3.63, 3.8) is 0 Å². The lowest BCUT2D eigenvalue weighted by atomic mass is 9.99. The summed E-state index contributed by atoms with van der Waals surface area (Å²) in [5.74, 6) is 0. The molecule has 0 fully saturated rings. The van der Waals surface area contributed by atoms with Crippen LogP contribution < -0.4 is 5.32 Å². The quantitative estimate of drug-likeness (QED) is 0.797. The molecule has 4 heteroatoms. The van der Waals surface area contributed by atoms with Crippen LogP contribution in [0.1, 0.15) is 17.3 Å². The zero-order chi connectivity index (χ0) is 13.9. The minimum Gasteiger partial charge on any atom is -0.308 e. The lowest BCUT2D eigenvalue weighted by Gasteiger charge is -2.17. The highest BCUT2D eigenvalue weighted by atomic mass is 79.9. The Morgan fingerprint density at radius 2 is 1.90 bits per heavy atom. The molecule has 0 aliphatic rings. The zero-order valence-corrected chi connectivity index (χ0v) is 12.6. The van der Waals surface area contributed by atoms with Crippen LogP contribution in [-0.2, 0) is 0 Å². The van der Waals surface area contributed by atoms with Crippen molar-refractivity contribution in [1.29, 1.82) is 0 Å². The Morgan fingerprint density at radius 1 is 1.05 bits per heavy atom. The average Bonchev–Trinajstić information content (AvgIpc) is 2.50. The van der Waals surface area contributed by atoms with Crippen LogP contribution >= 0.6 is 15.9 Å². The molecule has 20 heavy (non-hydrogen) atoms. The van der Waals surface area contributed by atoms with Gasteiger partial charge in [0.15, 0.2) is 0 Å². The Balaban J connectivity index is 2.14. The first kappa shape index (κ1) is 13.2. The number of hydrogen-bond donors (Lipinski definition) is 1. The lowest BCUT2D eigenvalue weighted by Crippen LogP contribution is -2.19. The van der Waals surface area contributed by atoms with Gasteiger partial charge in [-0.05, 0) is 40.5 Å². The molecule has 100 valence electrons. The molecule has 3 rings (SSSR count). The predicted molar refractivity (Wildman–Crippen MR) is 84.6 cm³/mol. The van der Waals surface area contributed by atoms with Gasteiger partial charge in [-0.1, -0.05) is 24.3 Å². The van der Waals surface area contributed by atoms with Crippen LogP contribution in [-0.4, -0.2) is 17.0 Å². The molecular weight excluding hydrogens is 314 g/mol. The van der Waals surface area contributed by atoms with Crippen LogP contribution in [0.2, 0.25) is 0 Å². The third kappa shape index (κ3) is 2.44. The van der Waals surface area contributed by atoms with E-state index in [1.807, 2.05) is 49.9 Å². The normalized spacial score (nSPS) is 12.5. The maximum Gasteiger partial charge on any atom is 0.0770 e. The fourth-order valence-electron chi connectivity index (χ4n) is 2.39. The molecule has 1 atom stereocenters. The van der Waals surface area contributed by atoms with Crippen molar-refractivity contribution in [2.45, 2.75) is 6.04 Å². The first-order valence-corrected chi connectivity index (χ1v) is 7.20. The highest BCUT2D eigenvalue weighted by molar-refractivity contribution is 9.10. The van der Waals surface area contributed by atoms with E-state index in [1.54, 1.807) is 0 Å². The van der Waals surface area contributed by atoms with Gasteiger partial charge in [0, 0.05) is 34.0 Å². The van der Waals surface area contributed by atoms with Gasteiger partial charge in [0.05, 0.1) is 11.7 Å². The van der Waals surface area contributed by atoms with E-state index in [4.69, 9.17) is 0 Å². The van der Waals surface area contributed by atoms with Crippen molar-refractivity contribution in [2.24, 2.45) is 0 Å². The zero-order valence-electron chi connectivity index (χ0n) is 11.0. The minimum absolute atomic E-state index is 0.0294. The van der Waals surface area contributed by atoms with Crippen LogP contribution in [0.3, 0.4) is 0 Å². The summed E-state index contributed by atoms with van der Waals surface area (Å²) < 4.78 is 0.979. The van der Waals surface area contributed by atoms with Crippen molar-refractivity contribution in [3.8, 4) is 0 Å². The number of aromatic nitrogens is 2. The number of hydrogen-bond acceptors (Lipinski definition) is 3. The van der Waals surface area contributed by atoms with Gasteiger partial charge in [-0.15, -0.1) is 0 Å². The summed E-state index contributed by atoms with van der Waals surface area (Å²) in [5.41, 5.74) is 2.12. The van der Waals surface area contributed by atoms with Crippen molar-refractivity contribution in [1.82, 2.24) is 15.3 Å². The van der Waals surface area contributed by atoms with Crippen LogP contribution in [0, 0.1) is 0 Å². The first-order valence-electron chi connectivity index (χ1n) is 6.41. The summed E-state index contributed by atoms with van der Waals surface area (Å²) in [6.07, 6.45) is 5.62. The van der Waals surface area contributed by atoms with Gasteiger partial charge >= 0.3 is 0 Å². The molecule has 0 aliphatic carbocycles. The van der Waals surface area contributed by atoms with Crippen molar-refractivity contribution in [2.75, 3.05) is 7.05 Å². The first-order chi connectivity index (χ1) is 9.79. The number of benzene rings is 1. The van der Waals surface area contributed by atoms with Crippen molar-refractivity contribution in [3.05, 3.63) is 70.7 Å². The average molecular weight is 328 g/mol. The molecule has 0 radical (unpaired) electrons. The second-order valence-corrected chi connectivity index (χ2v) is 5.49. The molecule has 2 aromatic heterocycles. The molecular formula is C16H14BrN3. The minimum atomic E-state index is 0.0294. The molecule has 3 nitrogen and oxygen atoms in total. The van der Waals surface area contributed by atoms with Gasteiger partial charge < -0.3 is 5.32 Å². The van der Waals surface area contributed by atoms with E-state index >= 15 is 0 Å². The summed E-state index contributed by atoms with van der Waals surface area (Å²) in [6.45, 7) is 0. The molecule has 1 aromatic carbocycles. The topological polar surface area (TPSA) is 37.8 Å². The van der Waals surface area contributed by atoms with E-state index in [9.17, 15) is 0 Å². The molecule has 0 spiro atoms. The summed E-state index contributed by atoms with van der Waals surface area (Å²) in [7, 11) is 1.94. The van der Waals surface area contributed by atoms with Crippen molar-refractivity contribution >= 4 is 26.7 Å². The highest BCUT2D eigenvalue weighted by Gasteiger charge is 2.16. The van der Waals surface area contributed by atoms with Gasteiger partial charge in [0.25, 0.3) is 0 Å². The van der Waals surface area contributed by atoms with E-state index in [1.165, 1.54) is 5.39 Å². The summed E-state index contributed by atoms with van der Waals surface area (Å²) in [4.78, 5) is 8.84. The van der Waals surface area contributed by atoms with Crippen LogP contribution in [0.5, 0.6) is 0 Å². The van der Waals surface area contributed by atoms with Gasteiger partial charge in [-0.3, -0.25) is 9.97 Å². The smallest absolute Gasteiger partial charge is 0.0770 e. The van der Waals surface area contributed by atoms with Gasteiger partial charge in [0.1, 0.15) is 0 Å². The van der Waals surface area contributed by atoms with E-state index in [0.29, 0.717) is 0 Å². The molecule has 1 unspecified atom stereocenters. The standard InChI is InChI=1S/C16H14BrN3/c1-18-16(15-7-6-12(17)9-20-15)14-10-19-8-11-4-2-3-5-13(11)14/h2-10,16,18H,1H3. The van der Waals surface area contributed by atoms with Crippen LogP contribution in [0.4, 0.5) is 0 Å². The number of halogens is 1. The molecule has 0 saturated carbocycles. The summed E-state index contributed by atoms with van der Waals surface area (Å²) >= 11 is 3.42. The fraction of sp³-hybridized carbons (Fsp3) is 0.125. The number of nitrogens with zero attached hydrogens (tertiary/aromatic N) is 2. The van der Waals surface area contributed by atoms with E-state index < -0.39 is 0 Å². The second-order valence-electron chi connectivity index (χ2n) is 4.57. The van der Waals surface area contributed by atoms with Crippen molar-refractivity contribution < 1.29 is 0 Å². The lowest BCUT2D eigenvalue weighted by molar-refractivity contribution is 0.673. The Hall–Kier alpha value is -1.78. The highest BCUT2D eigenvalue weighted by Crippen LogP contribution is 2.27. The maximum atomic E-state index is 4.50. The van der Waals surface area contributed by atoms with E-state index in [0.717, 1.165) is 21.1 Å². The van der Waals surface area contributed by atoms with Gasteiger partial charge in [-0.25, -0.2) is 0 Å². The summed E-state index contributed by atoms with van der Waals surface area (Å²) in [6, 6.07) is 12.3.